The van der Waals surface area contributed by atoms with E-state index in [9.17, 15) is 0 Å². The normalized spacial score (nSPS) is 18.1. The molecule has 0 radical (unpaired) electrons. The molecule has 0 amide bonds. The van der Waals surface area contributed by atoms with Gasteiger partial charge >= 0.3 is 17.1 Å². The van der Waals surface area contributed by atoms with Crippen LogP contribution in [-0.4, -0.2) is 51.9 Å². The zero-order chi connectivity index (χ0) is 21.9. The van der Waals surface area contributed by atoms with E-state index in [0.29, 0.717) is 6.73 Å². The molecule has 166 valence electrons. The third-order valence-corrected chi connectivity index (χ3v) is 18.0. The van der Waals surface area contributed by atoms with Crippen LogP contribution in [0.4, 0.5) is 0 Å². The van der Waals surface area contributed by atoms with Gasteiger partial charge in [0.25, 0.3) is 0 Å². The van der Waals surface area contributed by atoms with Crippen LogP contribution in [-0.2, 0) is 18.9 Å². The Balaban J connectivity index is 1.97. The lowest BCUT2D eigenvalue weighted by Gasteiger charge is -2.41. The number of ether oxygens (including phenoxy) is 1. The van der Waals surface area contributed by atoms with Gasteiger partial charge in [-0.3, -0.25) is 4.90 Å². The Hall–Kier alpha value is -0.272. The Labute approximate surface area is 182 Å². The van der Waals surface area contributed by atoms with E-state index in [0.717, 1.165) is 31.3 Å². The minimum Gasteiger partial charge on any atom is -0.478 e. The largest absolute Gasteiger partial charge is 0.478 e. The monoisotopic (exact) mass is 471 g/mol. The van der Waals surface area contributed by atoms with Gasteiger partial charge in [0.2, 0.25) is 0 Å². The molecule has 1 heterocycles. The van der Waals surface area contributed by atoms with Crippen LogP contribution in [0.2, 0.25) is 65.0 Å². The molecule has 9 heteroatoms. The van der Waals surface area contributed by atoms with E-state index >= 15 is 0 Å². The fraction of sp³-hybridized carbons (Fsp3) is 0.700. The Morgan fingerprint density at radius 2 is 1.48 bits per heavy atom. The molecule has 0 saturated carbocycles. The molecule has 1 aromatic carbocycles. The molecule has 0 N–H and O–H groups in total. The van der Waals surface area contributed by atoms with Crippen molar-refractivity contribution < 1.29 is 17.1 Å². The molecule has 0 fully saturated rings. The van der Waals surface area contributed by atoms with Gasteiger partial charge in [0.15, 0.2) is 16.6 Å². The van der Waals surface area contributed by atoms with Crippen LogP contribution in [0, 0.1) is 0 Å². The summed E-state index contributed by atoms with van der Waals surface area (Å²) in [6.07, 6.45) is 1.05. The highest BCUT2D eigenvalue weighted by molar-refractivity contribution is 6.89. The first-order valence-electron chi connectivity index (χ1n) is 10.7. The number of rotatable bonds is 10. The first-order chi connectivity index (χ1) is 13.2. The van der Waals surface area contributed by atoms with Crippen LogP contribution in [0.5, 0.6) is 5.75 Å². The van der Waals surface area contributed by atoms with Crippen LogP contribution in [0.1, 0.15) is 12.0 Å². The molecular weight excluding hydrogens is 431 g/mol. The maximum absolute atomic E-state index is 6.78. The van der Waals surface area contributed by atoms with Gasteiger partial charge in [-0.25, -0.2) is 0 Å². The average Bonchev–Trinajstić information content (AvgIpc) is 2.49. The number of fused-ring (bicyclic) bond motifs is 1. The Bertz CT molecular complexity index is 675. The summed E-state index contributed by atoms with van der Waals surface area (Å²) >= 11 is 0. The SMILES string of the molecule is C[Si](C)(C)O[Si](C)(C)O[Si](C)(CCCN1COc2ccccc2C1)O[Si](C)(C)C. The molecule has 0 aliphatic carbocycles. The summed E-state index contributed by atoms with van der Waals surface area (Å²) in [7, 11) is -7.92. The van der Waals surface area contributed by atoms with Crippen LogP contribution >= 0.6 is 0 Å². The summed E-state index contributed by atoms with van der Waals surface area (Å²) in [6, 6.07) is 9.30. The molecule has 1 aliphatic heterocycles. The summed E-state index contributed by atoms with van der Waals surface area (Å²) in [6.45, 7) is 22.7. The lowest BCUT2D eigenvalue weighted by Crippen LogP contribution is -2.57. The second kappa shape index (κ2) is 9.47. The van der Waals surface area contributed by atoms with Crippen molar-refractivity contribution in [3.63, 3.8) is 0 Å². The first-order valence-corrected chi connectivity index (χ1v) is 22.9. The summed E-state index contributed by atoms with van der Waals surface area (Å²) in [5.74, 6) is 1.02. The topological polar surface area (TPSA) is 40.2 Å². The lowest BCUT2D eigenvalue weighted by molar-refractivity contribution is 0.0949. The Morgan fingerprint density at radius 1 is 0.862 bits per heavy atom. The number of hydrogen-bond donors (Lipinski definition) is 0. The van der Waals surface area contributed by atoms with Crippen molar-refractivity contribution in [2.75, 3.05) is 13.3 Å². The molecule has 2 rings (SSSR count). The molecule has 1 unspecified atom stereocenters. The molecular formula is C20H41NO4Si4. The highest BCUT2D eigenvalue weighted by Gasteiger charge is 2.44. The van der Waals surface area contributed by atoms with Gasteiger partial charge < -0.3 is 17.1 Å². The number of nitrogens with zero attached hydrogens (tertiary/aromatic N) is 1. The standard InChI is InChI=1S/C20H41NO4Si4/c1-26(2,3)23-28(7,8)25-29(9,24-27(4,5)6)16-12-15-21-17-19-13-10-11-14-20(19)22-18-21/h10-11,13-14H,12,15-18H2,1-9H3. The zero-order valence-corrected chi connectivity index (χ0v) is 23.9. The number of para-hydroxylation sites is 1. The maximum Gasteiger partial charge on any atom is 0.315 e. The van der Waals surface area contributed by atoms with Gasteiger partial charge in [-0.15, -0.1) is 0 Å². The first kappa shape index (κ1) is 25.0. The molecule has 0 spiro atoms. The van der Waals surface area contributed by atoms with Crippen molar-refractivity contribution in [1.29, 1.82) is 0 Å². The smallest absolute Gasteiger partial charge is 0.315 e. The minimum atomic E-state index is -2.32. The van der Waals surface area contributed by atoms with Crippen LogP contribution < -0.4 is 4.74 Å². The third kappa shape index (κ3) is 9.17. The molecule has 29 heavy (non-hydrogen) atoms. The highest BCUT2D eigenvalue weighted by atomic mass is 28.5. The summed E-state index contributed by atoms with van der Waals surface area (Å²) < 4.78 is 25.8. The lowest BCUT2D eigenvalue weighted by atomic mass is 10.1. The summed E-state index contributed by atoms with van der Waals surface area (Å²) in [5, 5.41) is 0. The Kier molecular flexibility index (Phi) is 8.16. The van der Waals surface area contributed by atoms with Crippen molar-refractivity contribution in [2.24, 2.45) is 0 Å². The van der Waals surface area contributed by atoms with Gasteiger partial charge in [-0.05, 0) is 77.5 Å². The fourth-order valence-electron chi connectivity index (χ4n) is 4.04. The Morgan fingerprint density at radius 3 is 2.10 bits per heavy atom. The van der Waals surface area contributed by atoms with E-state index in [1.165, 1.54) is 5.56 Å². The van der Waals surface area contributed by atoms with Gasteiger partial charge in [-0.2, -0.15) is 0 Å². The number of benzene rings is 1. The van der Waals surface area contributed by atoms with Crippen molar-refractivity contribution in [2.45, 2.75) is 77.9 Å². The second-order valence-corrected chi connectivity index (χ2v) is 27.1. The van der Waals surface area contributed by atoms with Crippen LogP contribution in [0.3, 0.4) is 0 Å². The van der Waals surface area contributed by atoms with Crippen LogP contribution in [0.15, 0.2) is 24.3 Å². The maximum atomic E-state index is 6.78. The zero-order valence-electron chi connectivity index (χ0n) is 19.9. The summed E-state index contributed by atoms with van der Waals surface area (Å²) in [4.78, 5) is 2.37. The van der Waals surface area contributed by atoms with E-state index in [1.54, 1.807) is 0 Å². The van der Waals surface area contributed by atoms with Crippen molar-refractivity contribution in [3.05, 3.63) is 29.8 Å². The van der Waals surface area contributed by atoms with Gasteiger partial charge in [-0.1, -0.05) is 18.2 Å². The van der Waals surface area contributed by atoms with E-state index in [4.69, 9.17) is 17.1 Å². The minimum absolute atomic E-state index is 0.657. The molecule has 1 aliphatic rings. The van der Waals surface area contributed by atoms with Crippen molar-refractivity contribution in [3.8, 4) is 5.75 Å². The number of hydrogen-bond acceptors (Lipinski definition) is 5. The van der Waals surface area contributed by atoms with Gasteiger partial charge in [0.1, 0.15) is 12.5 Å². The molecule has 0 bridgehead atoms. The van der Waals surface area contributed by atoms with E-state index in [2.05, 4.69) is 82.0 Å². The molecule has 0 aromatic heterocycles. The molecule has 1 aromatic rings. The average molecular weight is 472 g/mol. The van der Waals surface area contributed by atoms with E-state index < -0.39 is 33.8 Å². The predicted molar refractivity (Wildman–Crippen MR) is 131 cm³/mol. The van der Waals surface area contributed by atoms with Crippen molar-refractivity contribution >= 4 is 33.8 Å². The van der Waals surface area contributed by atoms with E-state index in [-0.39, 0.29) is 0 Å². The molecule has 5 nitrogen and oxygen atoms in total. The van der Waals surface area contributed by atoms with Gasteiger partial charge in [0.05, 0.1) is 0 Å². The highest BCUT2D eigenvalue weighted by Crippen LogP contribution is 2.29. The van der Waals surface area contributed by atoms with Crippen molar-refractivity contribution in [1.82, 2.24) is 4.90 Å². The molecule has 1 atom stereocenters. The quantitative estimate of drug-likeness (QED) is 0.408. The second-order valence-electron chi connectivity index (χ2n) is 10.6. The fourth-order valence-corrected chi connectivity index (χ4v) is 22.0. The van der Waals surface area contributed by atoms with Crippen LogP contribution in [0.25, 0.3) is 0 Å². The third-order valence-electron chi connectivity index (χ3n) is 4.41. The molecule has 0 saturated heterocycles. The summed E-state index contributed by atoms with van der Waals surface area (Å²) in [5.41, 5.74) is 1.27. The van der Waals surface area contributed by atoms with E-state index in [1.807, 2.05) is 6.07 Å². The van der Waals surface area contributed by atoms with Gasteiger partial charge in [0, 0.05) is 18.7 Å². The predicted octanol–water partition coefficient (Wildman–Crippen LogP) is 5.72.